The maximum absolute atomic E-state index is 13.1. The van der Waals surface area contributed by atoms with Crippen molar-refractivity contribution in [2.24, 2.45) is 16.6 Å². The lowest BCUT2D eigenvalue weighted by atomic mass is 10.1. The molecule has 0 radical (unpaired) electrons. The van der Waals surface area contributed by atoms with Gasteiger partial charge in [-0.1, -0.05) is 39.8 Å². The summed E-state index contributed by atoms with van der Waals surface area (Å²) in [5, 5.41) is 13.0. The fourth-order valence-electron chi connectivity index (χ4n) is 3.18. The van der Waals surface area contributed by atoms with E-state index < -0.39 is 0 Å². The molecular weight excluding hydrogens is 408 g/mol. The minimum Gasteiger partial charge on any atom is -0.382 e. The van der Waals surface area contributed by atoms with E-state index in [-0.39, 0.29) is 17.4 Å². The molecule has 4 N–H and O–H groups in total. The van der Waals surface area contributed by atoms with E-state index in [0.717, 1.165) is 24.0 Å². The van der Waals surface area contributed by atoms with Gasteiger partial charge in [-0.3, -0.25) is 15.2 Å². The van der Waals surface area contributed by atoms with Gasteiger partial charge < -0.3 is 15.6 Å². The third-order valence-electron chi connectivity index (χ3n) is 4.58. The van der Waals surface area contributed by atoms with Crippen molar-refractivity contribution in [2.45, 2.75) is 52.6 Å². The van der Waals surface area contributed by atoms with Crippen LogP contribution in [-0.4, -0.2) is 27.0 Å². The fourth-order valence-corrected chi connectivity index (χ4v) is 3.73. The highest BCUT2D eigenvalue weighted by Crippen LogP contribution is 2.23. The second kappa shape index (κ2) is 12.0. The molecule has 166 valence electrons. The molecule has 0 unspecified atom stereocenters. The summed E-state index contributed by atoms with van der Waals surface area (Å²) in [4.78, 5) is 17.4. The van der Waals surface area contributed by atoms with Gasteiger partial charge in [0.05, 0.1) is 0 Å². The molecule has 1 atom stereocenters. The molecule has 0 aliphatic carbocycles. The fraction of sp³-hybridized carbons (Fsp3) is 0.391. The minimum absolute atomic E-state index is 0.0294. The smallest absolute Gasteiger partial charge is 0.273 e. The average Bonchev–Trinajstić information content (AvgIpc) is 3.24. The van der Waals surface area contributed by atoms with Gasteiger partial charge in [-0.2, -0.15) is 0 Å². The van der Waals surface area contributed by atoms with Crippen molar-refractivity contribution in [2.75, 3.05) is 5.32 Å². The molecule has 0 bridgehead atoms. The summed E-state index contributed by atoms with van der Waals surface area (Å²) in [6, 6.07) is 1.93. The second-order valence-corrected chi connectivity index (χ2v) is 8.44. The number of nitrogens with one attached hydrogen (secondary N) is 2. The molecule has 0 aliphatic rings. The molecule has 8 heteroatoms. The van der Waals surface area contributed by atoms with E-state index in [0.29, 0.717) is 30.3 Å². The van der Waals surface area contributed by atoms with Crippen LogP contribution in [0.5, 0.6) is 0 Å². The van der Waals surface area contributed by atoms with E-state index in [1.165, 1.54) is 11.5 Å². The van der Waals surface area contributed by atoms with E-state index in [1.54, 1.807) is 22.9 Å². The van der Waals surface area contributed by atoms with Crippen LogP contribution in [-0.2, 0) is 6.54 Å². The van der Waals surface area contributed by atoms with E-state index in [4.69, 9.17) is 11.1 Å². The molecular formula is C23H32N6OS. The van der Waals surface area contributed by atoms with Crippen LogP contribution >= 0.6 is 11.5 Å². The summed E-state index contributed by atoms with van der Waals surface area (Å²) in [5.41, 5.74) is 8.43. The molecule has 0 aromatic carbocycles. The van der Waals surface area contributed by atoms with Crippen LogP contribution in [0.3, 0.4) is 0 Å². The summed E-state index contributed by atoms with van der Waals surface area (Å²) in [7, 11) is 0. The van der Waals surface area contributed by atoms with Crippen LogP contribution in [0.2, 0.25) is 0 Å². The standard InChI is InChI=1S/C23H32N6OS/c1-5-7-19(9-10-26-20(8-6-2)22(24)25)28-21-11-17(18-12-27-31-15-18)14-29(23(21)30)13-16(3)4/h6,8,10-12,14-16,19,28H,2,5,7,9,13H2,1,3-4H3,(H3,24,25)/b20-8-,26-10-/t19-/m1/s1. The molecule has 0 saturated heterocycles. The third kappa shape index (κ3) is 7.32. The number of aliphatic imine (C=N–C) groups is 1. The molecule has 0 spiro atoms. The normalized spacial score (nSPS) is 13.0. The van der Waals surface area contributed by atoms with Gasteiger partial charge in [0.1, 0.15) is 17.2 Å². The van der Waals surface area contributed by atoms with Crippen LogP contribution in [0.25, 0.3) is 11.1 Å². The van der Waals surface area contributed by atoms with Crippen molar-refractivity contribution in [3.8, 4) is 11.1 Å². The van der Waals surface area contributed by atoms with Crippen molar-refractivity contribution < 1.29 is 0 Å². The Morgan fingerprint density at radius 1 is 1.45 bits per heavy atom. The molecule has 2 rings (SSSR count). The number of aromatic nitrogens is 2. The van der Waals surface area contributed by atoms with Crippen molar-refractivity contribution in [1.29, 1.82) is 5.41 Å². The Kier molecular flexibility index (Phi) is 9.40. The van der Waals surface area contributed by atoms with E-state index in [1.807, 2.05) is 23.8 Å². The number of anilines is 1. The highest BCUT2D eigenvalue weighted by molar-refractivity contribution is 7.03. The van der Waals surface area contributed by atoms with Crippen molar-refractivity contribution in [3.63, 3.8) is 0 Å². The third-order valence-corrected chi connectivity index (χ3v) is 5.17. The number of hydrogen-bond donors (Lipinski definition) is 3. The molecule has 31 heavy (non-hydrogen) atoms. The van der Waals surface area contributed by atoms with Crippen LogP contribution in [0.1, 0.15) is 40.0 Å². The number of pyridine rings is 1. The van der Waals surface area contributed by atoms with Gasteiger partial charge >= 0.3 is 0 Å². The predicted molar refractivity (Wildman–Crippen MR) is 132 cm³/mol. The number of hydrogen-bond acceptors (Lipinski definition) is 6. The number of nitrogens with zero attached hydrogens (tertiary/aromatic N) is 3. The Morgan fingerprint density at radius 3 is 2.81 bits per heavy atom. The van der Waals surface area contributed by atoms with E-state index in [9.17, 15) is 4.79 Å². The average molecular weight is 441 g/mol. The Morgan fingerprint density at radius 2 is 2.23 bits per heavy atom. The predicted octanol–water partition coefficient (Wildman–Crippen LogP) is 4.68. The first-order valence-corrected chi connectivity index (χ1v) is 11.3. The Balaban J connectivity index is 2.32. The van der Waals surface area contributed by atoms with Gasteiger partial charge in [0.15, 0.2) is 0 Å². The van der Waals surface area contributed by atoms with Crippen molar-refractivity contribution in [1.82, 2.24) is 8.94 Å². The molecule has 0 fully saturated rings. The van der Waals surface area contributed by atoms with Gasteiger partial charge in [0.2, 0.25) is 0 Å². The highest BCUT2D eigenvalue weighted by Gasteiger charge is 2.14. The quantitative estimate of drug-likeness (QED) is 0.253. The van der Waals surface area contributed by atoms with Gasteiger partial charge in [0, 0.05) is 54.1 Å². The maximum atomic E-state index is 13.1. The first-order chi connectivity index (χ1) is 14.8. The number of allylic oxidation sites excluding steroid dienone is 2. The van der Waals surface area contributed by atoms with Crippen molar-refractivity contribution >= 4 is 29.3 Å². The first-order valence-electron chi connectivity index (χ1n) is 10.5. The van der Waals surface area contributed by atoms with E-state index >= 15 is 0 Å². The summed E-state index contributed by atoms with van der Waals surface area (Å²) >= 11 is 1.39. The molecule has 0 saturated carbocycles. The molecule has 7 nitrogen and oxygen atoms in total. The van der Waals surface area contributed by atoms with Gasteiger partial charge in [-0.05, 0) is 36.0 Å². The molecule has 2 aromatic heterocycles. The molecule has 0 amide bonds. The topological polar surface area (TPSA) is 109 Å². The Labute approximate surface area is 188 Å². The van der Waals surface area contributed by atoms with Gasteiger partial charge in [-0.25, -0.2) is 4.37 Å². The molecule has 2 aromatic rings. The SMILES string of the molecule is C=C/C=C(\N=C/C[C@@H](CCC)Nc1cc(-c2cnsc2)cn(CC(C)C)c1=O)C(=N)N. The number of amidine groups is 1. The van der Waals surface area contributed by atoms with Gasteiger partial charge in [-0.15, -0.1) is 0 Å². The van der Waals surface area contributed by atoms with Crippen LogP contribution in [0.4, 0.5) is 5.69 Å². The van der Waals surface area contributed by atoms with Crippen LogP contribution in [0.15, 0.2) is 58.1 Å². The summed E-state index contributed by atoms with van der Waals surface area (Å²) in [6.07, 6.45) is 11.1. The summed E-state index contributed by atoms with van der Waals surface area (Å²) < 4.78 is 5.97. The zero-order chi connectivity index (χ0) is 22.8. The van der Waals surface area contributed by atoms with Crippen molar-refractivity contribution in [3.05, 3.63) is 58.6 Å². The molecule has 2 heterocycles. The molecule has 0 aliphatic heterocycles. The first kappa shape index (κ1) is 24.3. The largest absolute Gasteiger partial charge is 0.382 e. The lowest BCUT2D eigenvalue weighted by Gasteiger charge is -2.20. The lowest BCUT2D eigenvalue weighted by molar-refractivity contribution is 0.511. The zero-order valence-corrected chi connectivity index (χ0v) is 19.3. The summed E-state index contributed by atoms with van der Waals surface area (Å²) in [6.45, 7) is 10.6. The monoisotopic (exact) mass is 440 g/mol. The van der Waals surface area contributed by atoms with Gasteiger partial charge in [0.25, 0.3) is 5.56 Å². The Bertz CT molecular complexity index is 988. The number of nitrogens with two attached hydrogens (primary N) is 1. The number of rotatable bonds is 12. The summed E-state index contributed by atoms with van der Waals surface area (Å²) in [5.74, 6) is 0.242. The highest BCUT2D eigenvalue weighted by atomic mass is 32.1. The second-order valence-electron chi connectivity index (χ2n) is 7.79. The maximum Gasteiger partial charge on any atom is 0.273 e. The minimum atomic E-state index is -0.107. The van der Waals surface area contributed by atoms with Crippen LogP contribution in [0, 0.1) is 11.3 Å². The lowest BCUT2D eigenvalue weighted by Crippen LogP contribution is -2.29. The van der Waals surface area contributed by atoms with E-state index in [2.05, 4.69) is 42.0 Å². The van der Waals surface area contributed by atoms with Crippen LogP contribution < -0.4 is 16.6 Å². The zero-order valence-electron chi connectivity index (χ0n) is 18.5. The Hall–Kier alpha value is -3.00.